The molecule has 0 unspecified atom stereocenters. The van der Waals surface area contributed by atoms with E-state index in [0.29, 0.717) is 0 Å². The molecule has 0 nitrogen and oxygen atoms in total. The van der Waals surface area contributed by atoms with Crippen molar-refractivity contribution < 1.29 is 67.1 Å². The molecule has 0 radical (unpaired) electrons. The molecule has 1 aromatic carbocycles. The first-order valence-corrected chi connectivity index (χ1v) is 1.73. The number of hydrogen-bond donors (Lipinski definition) is 0. The molecular formula is C6H3Au3. The zero-order valence-electron chi connectivity index (χ0n) is 4.14. The monoisotopic (exact) mass is 666 g/mol. The summed E-state index contributed by atoms with van der Waals surface area (Å²) in [6.07, 6.45) is 0. The average molecular weight is 666 g/mol. The van der Waals surface area contributed by atoms with Crippen LogP contribution in [0, 0.1) is 18.2 Å². The molecule has 0 aliphatic carbocycles. The molecule has 0 aliphatic heterocycles. The van der Waals surface area contributed by atoms with Crippen LogP contribution in [-0.2, 0) is 67.1 Å². The second-order valence-corrected chi connectivity index (χ2v) is 0.933. The fraction of sp³-hybridized carbons (Fsp3) is 0. The second-order valence-electron chi connectivity index (χ2n) is 0.933. The summed E-state index contributed by atoms with van der Waals surface area (Å²) in [6, 6.07) is 13.5. The third-order valence-electron chi connectivity index (χ3n) is 0.500. The molecule has 0 atom stereocenters. The van der Waals surface area contributed by atoms with Gasteiger partial charge in [0.25, 0.3) is 0 Å². The normalized spacial score (nSPS) is 5.33. The number of hydrogen-bond acceptors (Lipinski definition) is 0. The van der Waals surface area contributed by atoms with Crippen LogP contribution < -0.4 is 0 Å². The topological polar surface area (TPSA) is 0 Å². The molecule has 1 aromatic rings. The molecule has 0 aromatic heterocycles. The van der Waals surface area contributed by atoms with Crippen molar-refractivity contribution in [2.45, 2.75) is 0 Å². The van der Waals surface area contributed by atoms with E-state index in [1.165, 1.54) is 0 Å². The van der Waals surface area contributed by atoms with Crippen molar-refractivity contribution in [3.63, 3.8) is 0 Å². The van der Waals surface area contributed by atoms with Gasteiger partial charge in [-0.2, -0.15) is 0 Å². The molecule has 3 heteroatoms. The van der Waals surface area contributed by atoms with E-state index in [4.69, 9.17) is 0 Å². The van der Waals surface area contributed by atoms with Gasteiger partial charge in [-0.1, -0.05) is 0 Å². The van der Waals surface area contributed by atoms with Gasteiger partial charge >= 0.3 is 67.1 Å². The van der Waals surface area contributed by atoms with Gasteiger partial charge in [0.05, 0.1) is 0 Å². The smallest absolute Gasteiger partial charge is 0.545 e. The molecule has 60 valence electrons. The van der Waals surface area contributed by atoms with Crippen LogP contribution in [0.4, 0.5) is 0 Å². The zero-order valence-corrected chi connectivity index (χ0v) is 10.6. The average Bonchev–Trinajstić information content (AvgIpc) is 1.72. The van der Waals surface area contributed by atoms with Gasteiger partial charge in [0.1, 0.15) is 0 Å². The Morgan fingerprint density at radius 1 is 0.556 bits per heavy atom. The third kappa shape index (κ3) is 9.44. The Balaban J connectivity index is -0.000000120. The van der Waals surface area contributed by atoms with Crippen molar-refractivity contribution in [3.05, 3.63) is 36.4 Å². The van der Waals surface area contributed by atoms with E-state index in [2.05, 4.69) is 18.2 Å². The van der Waals surface area contributed by atoms with Crippen molar-refractivity contribution in [3.8, 4) is 0 Å². The van der Waals surface area contributed by atoms with Crippen LogP contribution in [0.25, 0.3) is 0 Å². The van der Waals surface area contributed by atoms with Crippen molar-refractivity contribution in [2.75, 3.05) is 0 Å². The van der Waals surface area contributed by atoms with Gasteiger partial charge in [0.2, 0.25) is 0 Å². The van der Waals surface area contributed by atoms with Crippen LogP contribution in [-0.4, -0.2) is 0 Å². The predicted octanol–water partition coefficient (Wildman–Crippen LogP) is 1.08. The zero-order chi connectivity index (χ0) is 4.24. The Labute approximate surface area is 102 Å². The molecule has 0 fully saturated rings. The van der Waals surface area contributed by atoms with E-state index in [0.717, 1.165) is 0 Å². The van der Waals surface area contributed by atoms with E-state index >= 15 is 0 Å². The number of rotatable bonds is 0. The first-order valence-electron chi connectivity index (χ1n) is 1.73. The first kappa shape index (κ1) is 16.8. The molecule has 9 heavy (non-hydrogen) atoms. The molecule has 0 saturated heterocycles. The summed E-state index contributed by atoms with van der Waals surface area (Å²) in [7, 11) is 0. The molecule has 0 aliphatic rings. The Bertz CT molecular complexity index is 80.2. The molecule has 0 amide bonds. The fourth-order valence-corrected chi connectivity index (χ4v) is 0.269. The summed E-state index contributed by atoms with van der Waals surface area (Å²) >= 11 is 0. The van der Waals surface area contributed by atoms with Crippen molar-refractivity contribution in [1.29, 1.82) is 0 Å². The Morgan fingerprint density at radius 2 is 0.778 bits per heavy atom. The van der Waals surface area contributed by atoms with E-state index in [1.807, 2.05) is 0 Å². The minimum Gasteiger partial charge on any atom is -0.545 e. The van der Waals surface area contributed by atoms with Gasteiger partial charge in [0, 0.05) is 0 Å². The summed E-state index contributed by atoms with van der Waals surface area (Å²) in [6.45, 7) is 0. The largest absolute Gasteiger partial charge is 1.00 e. The second kappa shape index (κ2) is 12.1. The van der Waals surface area contributed by atoms with E-state index in [-0.39, 0.29) is 67.1 Å². The molecule has 0 spiro atoms. The molecular weight excluding hydrogens is 663 g/mol. The third-order valence-corrected chi connectivity index (χ3v) is 0.500. The van der Waals surface area contributed by atoms with E-state index in [1.54, 1.807) is 18.2 Å². The van der Waals surface area contributed by atoms with Crippen LogP contribution in [0.2, 0.25) is 0 Å². The molecule has 0 bridgehead atoms. The summed E-state index contributed by atoms with van der Waals surface area (Å²) in [5.41, 5.74) is 0. The quantitative estimate of drug-likeness (QED) is 0.288. The summed E-state index contributed by atoms with van der Waals surface area (Å²) in [5.74, 6) is 0. The predicted molar refractivity (Wildman–Crippen MR) is 22.9 cm³/mol. The van der Waals surface area contributed by atoms with Crippen LogP contribution in [0.15, 0.2) is 18.2 Å². The first-order chi connectivity index (χ1) is 3.00. The molecule has 1 rings (SSSR count). The Morgan fingerprint density at radius 3 is 0.889 bits per heavy atom. The van der Waals surface area contributed by atoms with Crippen LogP contribution in [0.3, 0.4) is 0 Å². The minimum atomic E-state index is 0. The van der Waals surface area contributed by atoms with Crippen molar-refractivity contribution >= 4 is 0 Å². The molecule has 0 heterocycles. The summed E-state index contributed by atoms with van der Waals surface area (Å²) in [4.78, 5) is 0. The van der Waals surface area contributed by atoms with Crippen LogP contribution in [0.1, 0.15) is 0 Å². The van der Waals surface area contributed by atoms with Gasteiger partial charge in [-0.05, 0) is 0 Å². The maximum absolute atomic E-state index is 2.78. The summed E-state index contributed by atoms with van der Waals surface area (Å²) in [5, 5.41) is 0. The van der Waals surface area contributed by atoms with Crippen molar-refractivity contribution in [1.82, 2.24) is 0 Å². The Kier molecular flexibility index (Phi) is 22.7. The van der Waals surface area contributed by atoms with Crippen LogP contribution >= 0.6 is 0 Å². The molecule has 0 N–H and O–H groups in total. The SMILES string of the molecule is [Au+].[Au+].[Au+].[c-]1c[c-]c[c-]c1. The maximum atomic E-state index is 2.78. The number of benzene rings is 1. The van der Waals surface area contributed by atoms with Gasteiger partial charge in [-0.15, -0.1) is 0 Å². The van der Waals surface area contributed by atoms with Gasteiger partial charge < -0.3 is 36.4 Å². The van der Waals surface area contributed by atoms with Gasteiger partial charge in [-0.25, -0.2) is 0 Å². The van der Waals surface area contributed by atoms with Crippen molar-refractivity contribution in [2.24, 2.45) is 0 Å². The summed E-state index contributed by atoms with van der Waals surface area (Å²) < 4.78 is 0. The Hall–Kier alpha value is 1.44. The maximum Gasteiger partial charge on any atom is 1.00 e. The van der Waals surface area contributed by atoms with Crippen LogP contribution in [0.5, 0.6) is 0 Å². The standard InChI is InChI=1S/C6H3.3Au/c1-2-4-6-5-3-1;;;/h1,4-5H;;;/q-3;3*+1. The molecule has 0 saturated carbocycles. The van der Waals surface area contributed by atoms with Gasteiger partial charge in [-0.3, -0.25) is 0 Å². The minimum absolute atomic E-state index is 0. The van der Waals surface area contributed by atoms with Gasteiger partial charge in [0.15, 0.2) is 0 Å². The fourth-order valence-electron chi connectivity index (χ4n) is 0.269. The van der Waals surface area contributed by atoms with E-state index in [9.17, 15) is 0 Å². The van der Waals surface area contributed by atoms with E-state index < -0.39 is 0 Å².